The van der Waals surface area contributed by atoms with Gasteiger partial charge in [0.1, 0.15) is 10.6 Å². The van der Waals surface area contributed by atoms with Crippen molar-refractivity contribution in [2.24, 2.45) is 5.92 Å². The van der Waals surface area contributed by atoms with Crippen LogP contribution in [0.5, 0.6) is 0 Å². The number of carboxylic acid groups (broad SMARTS) is 1. The van der Waals surface area contributed by atoms with E-state index in [9.17, 15) is 53.8 Å². The molecule has 2 aromatic rings. The molecule has 2 aromatic carbocycles. The van der Waals surface area contributed by atoms with Crippen LogP contribution < -0.4 is 4.90 Å². The van der Waals surface area contributed by atoms with Crippen LogP contribution in [0, 0.1) is 11.7 Å². The lowest BCUT2D eigenvalue weighted by Crippen LogP contribution is -2.61. The standard InChI is InChI=1S/C30H29F9N2O5S/c1-2-40-16-23-27(47(45,46)20-6-4-19(31)5-7-20,13-14-41(23)25(44)26(32)11-9-17(10-12-26)24(42)43)21-8-3-18(15-22(21)40)28(33,29(34,35)36)30(37,38)39/h3-8,15,17,23H,2,9-14,16H2,1H3,(H,42,43)/t17-,23?,26+,27?. The molecule has 2 aliphatic heterocycles. The van der Waals surface area contributed by atoms with Gasteiger partial charge in [0.15, 0.2) is 15.5 Å². The van der Waals surface area contributed by atoms with Crippen LogP contribution in [0.25, 0.3) is 0 Å². The van der Waals surface area contributed by atoms with E-state index in [-0.39, 0.29) is 31.0 Å². The minimum Gasteiger partial charge on any atom is -0.481 e. The summed E-state index contributed by atoms with van der Waals surface area (Å²) in [5, 5.41) is 9.31. The Morgan fingerprint density at radius 3 is 2.02 bits per heavy atom. The topological polar surface area (TPSA) is 95.0 Å². The molecule has 258 valence electrons. The van der Waals surface area contributed by atoms with E-state index in [2.05, 4.69) is 0 Å². The second-order valence-electron chi connectivity index (χ2n) is 12.1. The molecule has 1 saturated carbocycles. The maximum absolute atomic E-state index is 16.2. The maximum atomic E-state index is 16.2. The summed E-state index contributed by atoms with van der Waals surface area (Å²) in [6, 6.07) is 3.16. The molecule has 1 N–H and O–H groups in total. The molecule has 17 heteroatoms. The van der Waals surface area contributed by atoms with E-state index < -0.39 is 116 Å². The number of anilines is 1. The number of hydrogen-bond donors (Lipinski definition) is 1. The molecule has 2 fully saturated rings. The summed E-state index contributed by atoms with van der Waals surface area (Å²) in [4.78, 5) is 26.9. The van der Waals surface area contributed by atoms with Gasteiger partial charge in [-0.2, -0.15) is 26.3 Å². The first-order valence-corrected chi connectivity index (χ1v) is 16.1. The summed E-state index contributed by atoms with van der Waals surface area (Å²) in [5.41, 5.74) is -11.0. The van der Waals surface area contributed by atoms with Gasteiger partial charge in [0, 0.05) is 30.9 Å². The number of carbonyl (C=O) groups is 2. The van der Waals surface area contributed by atoms with Crippen molar-refractivity contribution in [1.82, 2.24) is 4.90 Å². The van der Waals surface area contributed by atoms with Crippen molar-refractivity contribution < 1.29 is 62.6 Å². The average Bonchev–Trinajstić information content (AvgIpc) is 3.39. The normalized spacial score (nSPS) is 26.9. The summed E-state index contributed by atoms with van der Waals surface area (Å²) in [6.07, 6.45) is -14.7. The van der Waals surface area contributed by atoms with Gasteiger partial charge >= 0.3 is 24.0 Å². The second kappa shape index (κ2) is 11.3. The maximum Gasteiger partial charge on any atom is 0.435 e. The molecule has 47 heavy (non-hydrogen) atoms. The van der Waals surface area contributed by atoms with Crippen molar-refractivity contribution in [2.45, 2.75) is 78.4 Å². The summed E-state index contributed by atoms with van der Waals surface area (Å²) < 4.78 is 154. The zero-order valence-corrected chi connectivity index (χ0v) is 25.5. The van der Waals surface area contributed by atoms with Gasteiger partial charge in [0.2, 0.25) is 0 Å². The third-order valence-corrected chi connectivity index (χ3v) is 12.3. The Bertz CT molecular complexity index is 1660. The molecule has 1 saturated heterocycles. The molecular formula is C30H29F9N2O5S. The van der Waals surface area contributed by atoms with E-state index in [4.69, 9.17) is 0 Å². The Kier molecular flexibility index (Phi) is 8.37. The fourth-order valence-electron chi connectivity index (χ4n) is 7.20. The van der Waals surface area contributed by atoms with Crippen LogP contribution in [0.4, 0.5) is 45.2 Å². The number of carbonyl (C=O) groups excluding carboxylic acids is 1. The Hall–Kier alpha value is -3.50. The lowest BCUT2D eigenvalue weighted by Gasteiger charge is -2.48. The van der Waals surface area contributed by atoms with Gasteiger partial charge in [-0.05, 0) is 74.9 Å². The Balaban J connectivity index is 1.70. The van der Waals surface area contributed by atoms with Crippen LogP contribution >= 0.6 is 0 Å². The van der Waals surface area contributed by atoms with E-state index in [0.717, 1.165) is 29.2 Å². The fraction of sp³-hybridized carbons (Fsp3) is 0.533. The number of fused-ring (bicyclic) bond motifs is 3. The Morgan fingerprint density at radius 2 is 1.51 bits per heavy atom. The van der Waals surface area contributed by atoms with E-state index in [1.807, 2.05) is 0 Å². The second-order valence-corrected chi connectivity index (χ2v) is 14.3. The van der Waals surface area contributed by atoms with E-state index in [0.29, 0.717) is 12.1 Å². The number of halogens is 9. The van der Waals surface area contributed by atoms with Gasteiger partial charge in [0.05, 0.1) is 16.9 Å². The number of carboxylic acids is 1. The van der Waals surface area contributed by atoms with Gasteiger partial charge in [-0.25, -0.2) is 21.6 Å². The largest absolute Gasteiger partial charge is 0.481 e. The van der Waals surface area contributed by atoms with Crippen molar-refractivity contribution in [1.29, 1.82) is 0 Å². The van der Waals surface area contributed by atoms with Crippen molar-refractivity contribution in [2.75, 3.05) is 24.5 Å². The monoisotopic (exact) mass is 700 g/mol. The molecule has 3 aliphatic rings. The minimum absolute atomic E-state index is 0.153. The highest BCUT2D eigenvalue weighted by atomic mass is 32.2. The van der Waals surface area contributed by atoms with Crippen molar-refractivity contribution >= 4 is 27.4 Å². The lowest BCUT2D eigenvalue weighted by atomic mass is 9.78. The molecule has 0 aromatic heterocycles. The molecule has 2 heterocycles. The van der Waals surface area contributed by atoms with Crippen molar-refractivity contribution in [3.05, 3.63) is 59.4 Å². The highest BCUT2D eigenvalue weighted by molar-refractivity contribution is 7.92. The van der Waals surface area contributed by atoms with Gasteiger partial charge in [-0.15, -0.1) is 0 Å². The highest BCUT2D eigenvalue weighted by Crippen LogP contribution is 2.58. The smallest absolute Gasteiger partial charge is 0.435 e. The molecule has 2 atom stereocenters. The van der Waals surface area contributed by atoms with Crippen molar-refractivity contribution in [3.63, 3.8) is 0 Å². The molecule has 7 nitrogen and oxygen atoms in total. The van der Waals surface area contributed by atoms with Crippen LogP contribution in [0.15, 0.2) is 47.4 Å². The van der Waals surface area contributed by atoms with E-state index >= 15 is 8.78 Å². The third kappa shape index (κ3) is 5.14. The van der Waals surface area contributed by atoms with E-state index in [1.165, 1.54) is 11.8 Å². The number of hydrogen-bond acceptors (Lipinski definition) is 5. The number of amides is 1. The zero-order chi connectivity index (χ0) is 35.0. The third-order valence-electron chi connectivity index (χ3n) is 9.76. The van der Waals surface area contributed by atoms with Gasteiger partial charge < -0.3 is 14.9 Å². The average molecular weight is 701 g/mol. The first-order chi connectivity index (χ1) is 21.7. The Labute approximate surface area is 263 Å². The fourth-order valence-corrected chi connectivity index (χ4v) is 9.50. The molecule has 1 aliphatic carbocycles. The number of rotatable bonds is 6. The molecule has 0 radical (unpaired) electrons. The number of aliphatic carboxylic acids is 1. The number of likely N-dealkylation sites (tertiary alicyclic amines) is 1. The first kappa shape index (κ1) is 34.8. The van der Waals surface area contributed by atoms with Crippen LogP contribution in [-0.2, 0) is 29.8 Å². The number of alkyl halides is 8. The number of likely N-dealkylation sites (N-methyl/N-ethyl adjacent to an activating group) is 1. The number of benzene rings is 2. The van der Waals surface area contributed by atoms with Crippen molar-refractivity contribution in [3.8, 4) is 0 Å². The zero-order valence-electron chi connectivity index (χ0n) is 24.6. The quantitative estimate of drug-likeness (QED) is 0.285. The summed E-state index contributed by atoms with van der Waals surface area (Å²) in [6.45, 7) is 0.373. The predicted octanol–water partition coefficient (Wildman–Crippen LogP) is 6.21. The Morgan fingerprint density at radius 1 is 0.936 bits per heavy atom. The summed E-state index contributed by atoms with van der Waals surface area (Å²) in [5.74, 6) is -4.01. The molecular weight excluding hydrogens is 671 g/mol. The minimum atomic E-state index is -6.45. The van der Waals surface area contributed by atoms with E-state index in [1.54, 1.807) is 0 Å². The molecule has 0 bridgehead atoms. The summed E-state index contributed by atoms with van der Waals surface area (Å²) in [7, 11) is -4.79. The molecule has 2 unspecified atom stereocenters. The van der Waals surface area contributed by atoms with Gasteiger partial charge in [-0.1, -0.05) is 12.1 Å². The highest BCUT2D eigenvalue weighted by Gasteiger charge is 2.74. The predicted molar refractivity (Wildman–Crippen MR) is 148 cm³/mol. The number of nitrogens with zero attached hydrogens (tertiary/aromatic N) is 2. The van der Waals surface area contributed by atoms with Gasteiger partial charge in [-0.3, -0.25) is 9.59 Å². The molecule has 5 rings (SSSR count). The summed E-state index contributed by atoms with van der Waals surface area (Å²) >= 11 is 0. The molecule has 0 spiro atoms. The lowest BCUT2D eigenvalue weighted by molar-refractivity contribution is -0.348. The SMILES string of the molecule is CCN1CC2N(C(=O)[C@]3(F)CC[C@@H](C(=O)O)CC3)CCC2(S(=O)(=O)c2ccc(F)cc2)c2ccc(C(F)(C(F)(F)F)C(F)(F)F)cc21. The van der Waals surface area contributed by atoms with Crippen LogP contribution in [0.3, 0.4) is 0 Å². The van der Waals surface area contributed by atoms with Gasteiger partial charge in [0.25, 0.3) is 5.91 Å². The van der Waals surface area contributed by atoms with Crippen LogP contribution in [-0.4, -0.2) is 74.0 Å². The number of sulfone groups is 1. The molecule has 1 amide bonds. The van der Waals surface area contributed by atoms with Crippen LogP contribution in [0.2, 0.25) is 0 Å². The van der Waals surface area contributed by atoms with Crippen LogP contribution in [0.1, 0.15) is 50.2 Å². The first-order valence-electron chi connectivity index (χ1n) is 14.6.